The molecule has 0 amide bonds. The van der Waals surface area contributed by atoms with Gasteiger partial charge in [-0.2, -0.15) is 0 Å². The third-order valence-electron chi connectivity index (χ3n) is 8.95. The molecule has 0 saturated carbocycles. The summed E-state index contributed by atoms with van der Waals surface area (Å²) in [5, 5.41) is 0.836. The van der Waals surface area contributed by atoms with Gasteiger partial charge in [0, 0.05) is 56.8 Å². The van der Waals surface area contributed by atoms with Gasteiger partial charge in [-0.15, -0.1) is 0 Å². The first kappa shape index (κ1) is 25.9. The molecule has 210 valence electrons. The maximum atomic E-state index is 6.72. The van der Waals surface area contributed by atoms with Gasteiger partial charge in [-0.3, -0.25) is 4.98 Å². The standard InChI is InChI=1S/C29H35N7O3S/c1-37-18-38-16-19-11-20-17-39-26-23(4-8-32-28(26)36(20)15-19)40-25-14-33-24(13-34-25)35-9-5-29(6-10-35)12-22-21(27(29)30)3-2-7-31-22/h2-4,7-8,13-14,19-20,27H,5-6,9-12,15-18,30H2,1H3/t19-,20-,27?/m0/s1. The molecule has 2 fully saturated rings. The van der Waals surface area contributed by atoms with Gasteiger partial charge in [-0.05, 0) is 48.8 Å². The number of pyridine rings is 2. The van der Waals surface area contributed by atoms with E-state index in [4.69, 9.17) is 29.9 Å². The first-order chi connectivity index (χ1) is 19.6. The zero-order valence-corrected chi connectivity index (χ0v) is 23.6. The number of nitrogens with two attached hydrogens (primary N) is 1. The van der Waals surface area contributed by atoms with Crippen LogP contribution in [0.5, 0.6) is 5.75 Å². The molecule has 11 heteroatoms. The molecule has 7 rings (SSSR count). The van der Waals surface area contributed by atoms with Crippen LogP contribution in [0.25, 0.3) is 0 Å². The lowest BCUT2D eigenvalue weighted by Crippen LogP contribution is -2.44. The van der Waals surface area contributed by atoms with Crippen molar-refractivity contribution in [3.63, 3.8) is 0 Å². The summed E-state index contributed by atoms with van der Waals surface area (Å²) in [6.07, 6.45) is 11.5. The monoisotopic (exact) mass is 561 g/mol. The van der Waals surface area contributed by atoms with Crippen molar-refractivity contribution in [3.8, 4) is 5.75 Å². The average Bonchev–Trinajstić information content (AvgIpc) is 3.53. The van der Waals surface area contributed by atoms with Gasteiger partial charge >= 0.3 is 0 Å². The van der Waals surface area contributed by atoms with Gasteiger partial charge in [-0.25, -0.2) is 15.0 Å². The lowest BCUT2D eigenvalue weighted by Gasteiger charge is -2.42. The zero-order valence-electron chi connectivity index (χ0n) is 22.7. The quantitative estimate of drug-likeness (QED) is 0.338. The Morgan fingerprint density at radius 2 is 2.02 bits per heavy atom. The first-order valence-electron chi connectivity index (χ1n) is 14.0. The van der Waals surface area contributed by atoms with Crippen LogP contribution in [0.2, 0.25) is 0 Å². The molecule has 3 aromatic rings. The summed E-state index contributed by atoms with van der Waals surface area (Å²) < 4.78 is 16.9. The summed E-state index contributed by atoms with van der Waals surface area (Å²) >= 11 is 1.57. The third-order valence-corrected chi connectivity index (χ3v) is 9.91. The number of hydrogen-bond donors (Lipinski definition) is 1. The van der Waals surface area contributed by atoms with E-state index in [2.05, 4.69) is 25.8 Å². The highest BCUT2D eigenvalue weighted by atomic mass is 32.2. The van der Waals surface area contributed by atoms with Crippen LogP contribution >= 0.6 is 11.8 Å². The Balaban J connectivity index is 0.994. The predicted octanol–water partition coefficient (Wildman–Crippen LogP) is 3.47. The minimum atomic E-state index is 0.0578. The summed E-state index contributed by atoms with van der Waals surface area (Å²) in [4.78, 5) is 24.5. The van der Waals surface area contributed by atoms with Crippen LogP contribution in [-0.4, -0.2) is 72.7 Å². The minimum Gasteiger partial charge on any atom is -0.486 e. The van der Waals surface area contributed by atoms with Crippen molar-refractivity contribution in [3.05, 3.63) is 54.2 Å². The fourth-order valence-corrected chi connectivity index (χ4v) is 7.64. The molecule has 2 N–H and O–H groups in total. The molecule has 40 heavy (non-hydrogen) atoms. The largest absolute Gasteiger partial charge is 0.486 e. The minimum absolute atomic E-state index is 0.0578. The number of anilines is 2. The smallest absolute Gasteiger partial charge is 0.175 e. The second-order valence-corrected chi connectivity index (χ2v) is 12.4. The number of rotatable bonds is 7. The van der Waals surface area contributed by atoms with Gasteiger partial charge < -0.3 is 29.7 Å². The third kappa shape index (κ3) is 4.68. The van der Waals surface area contributed by atoms with E-state index in [1.807, 2.05) is 36.9 Å². The molecule has 4 aliphatic rings. The highest BCUT2D eigenvalue weighted by molar-refractivity contribution is 7.99. The number of ether oxygens (including phenoxy) is 3. The van der Waals surface area contributed by atoms with Crippen LogP contribution in [0.15, 0.2) is 52.9 Å². The van der Waals surface area contributed by atoms with Crippen molar-refractivity contribution >= 4 is 23.4 Å². The molecular weight excluding hydrogens is 526 g/mol. The summed E-state index contributed by atoms with van der Waals surface area (Å²) in [5.41, 5.74) is 9.21. The zero-order chi connectivity index (χ0) is 27.1. The van der Waals surface area contributed by atoms with Crippen molar-refractivity contribution in [1.82, 2.24) is 19.9 Å². The van der Waals surface area contributed by atoms with Crippen molar-refractivity contribution in [2.24, 2.45) is 17.1 Å². The van der Waals surface area contributed by atoms with E-state index in [0.29, 0.717) is 32.0 Å². The van der Waals surface area contributed by atoms with Crippen molar-refractivity contribution in [2.45, 2.75) is 47.7 Å². The molecular formula is C29H35N7O3S. The Labute approximate surface area is 238 Å². The van der Waals surface area contributed by atoms with E-state index in [1.165, 1.54) is 11.3 Å². The fraction of sp³-hybridized carbons (Fsp3) is 0.517. The van der Waals surface area contributed by atoms with Crippen molar-refractivity contribution in [2.75, 3.05) is 56.6 Å². The highest BCUT2D eigenvalue weighted by Gasteiger charge is 2.46. The molecule has 2 saturated heterocycles. The Morgan fingerprint density at radius 3 is 2.83 bits per heavy atom. The molecule has 1 unspecified atom stereocenters. The van der Waals surface area contributed by atoms with Gasteiger partial charge in [0.1, 0.15) is 24.2 Å². The number of hydrogen-bond acceptors (Lipinski definition) is 11. The summed E-state index contributed by atoms with van der Waals surface area (Å²) in [6.45, 7) is 4.41. The lowest BCUT2D eigenvalue weighted by atomic mass is 9.73. The molecule has 6 heterocycles. The SMILES string of the molecule is COCOC[C@H]1C[C@H]2COc3c(Sc4cnc(N5CCC6(CC5)Cc5ncccc5C6N)cn4)ccnc3N2C1. The van der Waals surface area contributed by atoms with Crippen molar-refractivity contribution in [1.29, 1.82) is 0 Å². The molecule has 3 atom stereocenters. The fourth-order valence-electron chi connectivity index (χ4n) is 6.83. The Bertz CT molecular complexity index is 1350. The van der Waals surface area contributed by atoms with E-state index >= 15 is 0 Å². The van der Waals surface area contributed by atoms with Crippen LogP contribution in [0.1, 0.15) is 36.6 Å². The maximum Gasteiger partial charge on any atom is 0.175 e. The molecule has 3 aromatic heterocycles. The van der Waals surface area contributed by atoms with Crippen LogP contribution < -0.4 is 20.3 Å². The second kappa shape index (κ2) is 10.8. The van der Waals surface area contributed by atoms with Gasteiger partial charge in [-0.1, -0.05) is 17.8 Å². The Morgan fingerprint density at radius 1 is 1.12 bits per heavy atom. The highest BCUT2D eigenvalue weighted by Crippen LogP contribution is 2.50. The second-order valence-electron chi connectivity index (χ2n) is 11.3. The number of methoxy groups -OCH3 is 1. The Hall–Kier alpha value is -2.99. The molecule has 0 radical (unpaired) electrons. The normalized spacial score (nSPS) is 24.5. The van der Waals surface area contributed by atoms with E-state index < -0.39 is 0 Å². The maximum absolute atomic E-state index is 6.72. The molecule has 1 aliphatic carbocycles. The van der Waals surface area contributed by atoms with Gasteiger partial charge in [0.15, 0.2) is 11.6 Å². The topological polar surface area (TPSA) is 112 Å². The van der Waals surface area contributed by atoms with Crippen molar-refractivity contribution < 1.29 is 14.2 Å². The van der Waals surface area contributed by atoms with Gasteiger partial charge in [0.05, 0.1) is 29.9 Å². The summed E-state index contributed by atoms with van der Waals surface area (Å²) in [6, 6.07) is 6.51. The number of piperidine rings is 1. The van der Waals surface area contributed by atoms with E-state index in [1.54, 1.807) is 18.9 Å². The van der Waals surface area contributed by atoms with E-state index in [-0.39, 0.29) is 11.5 Å². The average molecular weight is 562 g/mol. The van der Waals surface area contributed by atoms with Crippen LogP contribution in [0.4, 0.5) is 11.6 Å². The molecule has 3 aliphatic heterocycles. The lowest BCUT2D eigenvalue weighted by molar-refractivity contribution is -0.0414. The van der Waals surface area contributed by atoms with Gasteiger partial charge in [0.25, 0.3) is 0 Å². The molecule has 10 nitrogen and oxygen atoms in total. The summed E-state index contributed by atoms with van der Waals surface area (Å²) in [5.74, 6) is 3.09. The van der Waals surface area contributed by atoms with Crippen LogP contribution in [-0.2, 0) is 15.9 Å². The predicted molar refractivity (Wildman–Crippen MR) is 152 cm³/mol. The number of aromatic nitrogens is 4. The van der Waals surface area contributed by atoms with Gasteiger partial charge in [0.2, 0.25) is 0 Å². The number of nitrogens with zero attached hydrogens (tertiary/aromatic N) is 6. The van der Waals surface area contributed by atoms with E-state index in [9.17, 15) is 0 Å². The van der Waals surface area contributed by atoms with E-state index in [0.717, 1.165) is 72.6 Å². The first-order valence-corrected chi connectivity index (χ1v) is 14.8. The molecule has 0 aromatic carbocycles. The molecule has 0 bridgehead atoms. The van der Waals surface area contributed by atoms with Crippen LogP contribution in [0, 0.1) is 11.3 Å². The molecule has 1 spiro atoms. The number of fused-ring (bicyclic) bond motifs is 4. The Kier molecular flexibility index (Phi) is 6.99. The summed E-state index contributed by atoms with van der Waals surface area (Å²) in [7, 11) is 1.65. The van der Waals surface area contributed by atoms with Crippen LogP contribution in [0.3, 0.4) is 0 Å².